The van der Waals surface area contributed by atoms with Crippen LogP contribution in [0.15, 0.2) is 16.8 Å². The third kappa shape index (κ3) is 2.33. The highest BCUT2D eigenvalue weighted by Gasteiger charge is 2.49. The van der Waals surface area contributed by atoms with Crippen LogP contribution in [0, 0.1) is 0 Å². The maximum atomic E-state index is 12.3. The lowest BCUT2D eigenvalue weighted by Gasteiger charge is -2.20. The zero-order chi connectivity index (χ0) is 14.0. The SMILES string of the molecule is CCNC(=O)CN1C(=O)NC(C)(c2ccsc2)C1=O. The fourth-order valence-corrected chi connectivity index (χ4v) is 2.75. The van der Waals surface area contributed by atoms with Crippen LogP contribution in [0.4, 0.5) is 4.79 Å². The van der Waals surface area contributed by atoms with Crippen molar-refractivity contribution in [2.24, 2.45) is 0 Å². The van der Waals surface area contributed by atoms with Crippen LogP contribution in [0.1, 0.15) is 19.4 Å². The Hall–Kier alpha value is -1.89. The van der Waals surface area contributed by atoms with E-state index >= 15 is 0 Å². The Bertz CT molecular complexity index is 514. The number of thiophene rings is 1. The summed E-state index contributed by atoms with van der Waals surface area (Å²) in [4.78, 5) is 36.6. The zero-order valence-corrected chi connectivity index (χ0v) is 11.5. The van der Waals surface area contributed by atoms with Crippen molar-refractivity contribution < 1.29 is 14.4 Å². The molecule has 4 amide bonds. The van der Waals surface area contributed by atoms with E-state index in [1.807, 2.05) is 10.8 Å². The maximum Gasteiger partial charge on any atom is 0.325 e. The minimum atomic E-state index is -1.08. The number of hydrogen-bond donors (Lipinski definition) is 2. The summed E-state index contributed by atoms with van der Waals surface area (Å²) in [5.41, 5.74) is -0.349. The van der Waals surface area contributed by atoms with Gasteiger partial charge in [0.05, 0.1) is 0 Å². The van der Waals surface area contributed by atoms with E-state index in [9.17, 15) is 14.4 Å². The second kappa shape index (κ2) is 5.00. The monoisotopic (exact) mass is 281 g/mol. The summed E-state index contributed by atoms with van der Waals surface area (Å²) in [5, 5.41) is 8.86. The van der Waals surface area contributed by atoms with Gasteiger partial charge in [-0.3, -0.25) is 14.5 Å². The molecule has 19 heavy (non-hydrogen) atoms. The van der Waals surface area contributed by atoms with Crippen LogP contribution in [0.5, 0.6) is 0 Å². The highest BCUT2D eigenvalue weighted by atomic mass is 32.1. The van der Waals surface area contributed by atoms with Crippen LogP contribution in [0.3, 0.4) is 0 Å². The van der Waals surface area contributed by atoms with E-state index < -0.39 is 17.5 Å². The van der Waals surface area contributed by atoms with E-state index in [-0.39, 0.29) is 12.5 Å². The number of hydrogen-bond acceptors (Lipinski definition) is 4. The van der Waals surface area contributed by atoms with Crippen LogP contribution in [-0.4, -0.2) is 35.8 Å². The normalized spacial score (nSPS) is 22.5. The molecule has 2 rings (SSSR count). The highest BCUT2D eigenvalue weighted by molar-refractivity contribution is 7.08. The van der Waals surface area contributed by atoms with Gasteiger partial charge in [0.1, 0.15) is 12.1 Å². The lowest BCUT2D eigenvalue weighted by Crippen LogP contribution is -2.43. The second-order valence-corrected chi connectivity index (χ2v) is 5.19. The first kappa shape index (κ1) is 13.5. The quantitative estimate of drug-likeness (QED) is 0.795. The smallest absolute Gasteiger partial charge is 0.325 e. The number of imide groups is 1. The summed E-state index contributed by atoms with van der Waals surface area (Å²) in [6.07, 6.45) is 0. The van der Waals surface area contributed by atoms with Gasteiger partial charge in [-0.25, -0.2) is 4.79 Å². The molecular formula is C12H15N3O3S. The second-order valence-electron chi connectivity index (χ2n) is 4.41. The van der Waals surface area contributed by atoms with E-state index in [1.165, 1.54) is 11.3 Å². The van der Waals surface area contributed by atoms with E-state index in [2.05, 4.69) is 10.6 Å². The summed E-state index contributed by atoms with van der Waals surface area (Å²) in [5.74, 6) is -0.747. The maximum absolute atomic E-state index is 12.3. The molecule has 102 valence electrons. The van der Waals surface area contributed by atoms with E-state index in [0.29, 0.717) is 6.54 Å². The third-order valence-corrected chi connectivity index (χ3v) is 3.73. The van der Waals surface area contributed by atoms with Crippen molar-refractivity contribution in [2.45, 2.75) is 19.4 Å². The van der Waals surface area contributed by atoms with Gasteiger partial charge >= 0.3 is 6.03 Å². The number of nitrogens with one attached hydrogen (secondary N) is 2. The molecule has 0 aliphatic carbocycles. The molecule has 6 nitrogen and oxygen atoms in total. The molecular weight excluding hydrogens is 266 g/mol. The molecule has 1 aliphatic rings. The van der Waals surface area contributed by atoms with Crippen LogP contribution >= 0.6 is 11.3 Å². The van der Waals surface area contributed by atoms with E-state index in [4.69, 9.17) is 0 Å². The first-order valence-electron chi connectivity index (χ1n) is 5.92. The molecule has 0 aromatic carbocycles. The van der Waals surface area contributed by atoms with Gasteiger partial charge in [-0.15, -0.1) is 0 Å². The minimum absolute atomic E-state index is 0.252. The van der Waals surface area contributed by atoms with E-state index in [0.717, 1.165) is 10.5 Å². The summed E-state index contributed by atoms with van der Waals surface area (Å²) in [6, 6.07) is 1.25. The van der Waals surface area contributed by atoms with Gasteiger partial charge in [-0.1, -0.05) is 0 Å². The van der Waals surface area contributed by atoms with Gasteiger partial charge in [0.25, 0.3) is 5.91 Å². The lowest BCUT2D eigenvalue weighted by molar-refractivity contribution is -0.134. The lowest BCUT2D eigenvalue weighted by atomic mass is 9.95. The summed E-state index contributed by atoms with van der Waals surface area (Å²) in [7, 11) is 0. The number of nitrogens with zero attached hydrogens (tertiary/aromatic N) is 1. The molecule has 0 saturated carbocycles. The first-order chi connectivity index (χ1) is 8.99. The Morgan fingerprint density at radius 3 is 2.84 bits per heavy atom. The molecule has 0 radical (unpaired) electrons. The highest BCUT2D eigenvalue weighted by Crippen LogP contribution is 2.29. The minimum Gasteiger partial charge on any atom is -0.355 e. The van der Waals surface area contributed by atoms with Crippen molar-refractivity contribution in [3.63, 3.8) is 0 Å². The summed E-state index contributed by atoms with van der Waals surface area (Å²) < 4.78 is 0. The predicted molar refractivity (Wildman–Crippen MR) is 70.6 cm³/mol. The molecule has 7 heteroatoms. The van der Waals surface area contributed by atoms with E-state index in [1.54, 1.807) is 19.9 Å². The van der Waals surface area contributed by atoms with Crippen molar-refractivity contribution >= 4 is 29.2 Å². The van der Waals surface area contributed by atoms with Gasteiger partial charge in [0.15, 0.2) is 0 Å². The number of carbonyl (C=O) groups is 3. The van der Waals surface area contributed by atoms with Gasteiger partial charge < -0.3 is 10.6 Å². The van der Waals surface area contributed by atoms with Crippen LogP contribution in [0.25, 0.3) is 0 Å². The zero-order valence-electron chi connectivity index (χ0n) is 10.7. The fraction of sp³-hybridized carbons (Fsp3) is 0.417. The Balaban J connectivity index is 2.19. The number of carbonyl (C=O) groups excluding carboxylic acids is 3. The number of likely N-dealkylation sites (N-methyl/N-ethyl adjacent to an activating group) is 1. The van der Waals surface area contributed by atoms with Crippen molar-refractivity contribution in [3.05, 3.63) is 22.4 Å². The summed E-state index contributed by atoms with van der Waals surface area (Å²) in [6.45, 7) is 3.63. The van der Waals surface area contributed by atoms with Crippen LogP contribution in [0.2, 0.25) is 0 Å². The molecule has 0 bridgehead atoms. The first-order valence-corrected chi connectivity index (χ1v) is 6.86. The molecule has 0 spiro atoms. The van der Waals surface area contributed by atoms with Crippen molar-refractivity contribution in [2.75, 3.05) is 13.1 Å². The average Bonchev–Trinajstić information content (AvgIpc) is 2.94. The van der Waals surface area contributed by atoms with Gasteiger partial charge in [0, 0.05) is 6.54 Å². The number of urea groups is 1. The molecule has 2 N–H and O–H groups in total. The molecule has 1 unspecified atom stereocenters. The van der Waals surface area contributed by atoms with Crippen LogP contribution < -0.4 is 10.6 Å². The van der Waals surface area contributed by atoms with Crippen molar-refractivity contribution in [3.8, 4) is 0 Å². The summed E-state index contributed by atoms with van der Waals surface area (Å²) >= 11 is 1.45. The largest absolute Gasteiger partial charge is 0.355 e. The molecule has 2 heterocycles. The standard InChI is InChI=1S/C12H15N3O3S/c1-3-13-9(16)6-15-10(17)12(2,14-11(15)18)8-4-5-19-7-8/h4-5,7H,3,6H2,1-2H3,(H,13,16)(H,14,18). The topological polar surface area (TPSA) is 78.5 Å². The van der Waals surface area contributed by atoms with Crippen molar-refractivity contribution in [1.29, 1.82) is 0 Å². The third-order valence-electron chi connectivity index (χ3n) is 3.05. The molecule has 1 atom stereocenters. The molecule has 1 fully saturated rings. The van der Waals surface area contributed by atoms with Crippen LogP contribution in [-0.2, 0) is 15.1 Å². The molecule has 1 saturated heterocycles. The van der Waals surface area contributed by atoms with Gasteiger partial charge in [-0.05, 0) is 36.2 Å². The van der Waals surface area contributed by atoms with Gasteiger partial charge in [-0.2, -0.15) is 11.3 Å². The Labute approximate surface area is 114 Å². The molecule has 1 aromatic rings. The van der Waals surface area contributed by atoms with Crippen molar-refractivity contribution in [1.82, 2.24) is 15.5 Å². The predicted octanol–water partition coefficient (Wildman–Crippen LogP) is 0.651. The fourth-order valence-electron chi connectivity index (χ4n) is 1.98. The number of amides is 4. The molecule has 1 aromatic heterocycles. The average molecular weight is 281 g/mol. The Morgan fingerprint density at radius 1 is 1.53 bits per heavy atom. The molecule has 1 aliphatic heterocycles. The van der Waals surface area contributed by atoms with Gasteiger partial charge in [0.2, 0.25) is 5.91 Å². The Morgan fingerprint density at radius 2 is 2.26 bits per heavy atom. The number of rotatable bonds is 4. The Kier molecular flexibility index (Phi) is 3.57.